The number of aromatic amines is 1. The number of amides is 3. The lowest BCUT2D eigenvalue weighted by Gasteiger charge is -2.31. The van der Waals surface area contributed by atoms with E-state index in [0.29, 0.717) is 13.1 Å². The van der Waals surface area contributed by atoms with Crippen molar-refractivity contribution >= 4 is 34.7 Å². The molecule has 3 rings (SSSR count). The van der Waals surface area contributed by atoms with Gasteiger partial charge in [0.2, 0.25) is 5.91 Å². The van der Waals surface area contributed by atoms with Crippen LogP contribution in [0.3, 0.4) is 0 Å². The smallest absolute Gasteiger partial charge is 0.314 e. The van der Waals surface area contributed by atoms with Crippen LogP contribution in [0, 0.1) is 5.92 Å². The van der Waals surface area contributed by atoms with E-state index < -0.39 is 6.03 Å². The highest BCUT2D eigenvalue weighted by Gasteiger charge is 2.29. The Kier molecular flexibility index (Phi) is 6.03. The second-order valence-electron chi connectivity index (χ2n) is 6.61. The van der Waals surface area contributed by atoms with Gasteiger partial charge in [-0.1, -0.05) is 12.1 Å². The number of aromatic nitrogens is 2. The monoisotopic (exact) mass is 375 g/mol. The molecule has 3 amide bonds. The average molecular weight is 375 g/mol. The maximum Gasteiger partial charge on any atom is 0.314 e. The molecule has 4 N–H and O–H groups in total. The molecule has 0 bridgehead atoms. The van der Waals surface area contributed by atoms with Gasteiger partial charge in [-0.25, -0.2) is 9.78 Å². The van der Waals surface area contributed by atoms with Crippen molar-refractivity contribution in [2.24, 2.45) is 11.7 Å². The van der Waals surface area contributed by atoms with Crippen LogP contribution in [-0.4, -0.2) is 51.9 Å². The number of thioether (sulfide) groups is 1. The van der Waals surface area contributed by atoms with Gasteiger partial charge in [0.25, 0.3) is 0 Å². The van der Waals surface area contributed by atoms with E-state index >= 15 is 0 Å². The van der Waals surface area contributed by atoms with Crippen LogP contribution < -0.4 is 11.1 Å². The Morgan fingerprint density at radius 2 is 2.27 bits per heavy atom. The highest BCUT2D eigenvalue weighted by molar-refractivity contribution is 7.98. The molecule has 2 heterocycles. The molecule has 2 atom stereocenters. The molecule has 1 aliphatic heterocycles. The SMILES string of the molecule is CSCC[C@H](NC(=O)[C@H]1CCCN(C(N)=O)C1)c1nc2ccccc2[nH]1. The van der Waals surface area contributed by atoms with E-state index in [1.807, 2.05) is 30.5 Å². The summed E-state index contributed by atoms with van der Waals surface area (Å²) in [7, 11) is 0. The molecule has 0 radical (unpaired) electrons. The molecule has 1 aromatic heterocycles. The molecule has 140 valence electrons. The Labute approximate surface area is 157 Å². The second kappa shape index (κ2) is 8.44. The van der Waals surface area contributed by atoms with E-state index in [-0.39, 0.29) is 17.9 Å². The summed E-state index contributed by atoms with van der Waals surface area (Å²) in [5.74, 6) is 1.43. The molecule has 1 aliphatic rings. The lowest BCUT2D eigenvalue weighted by atomic mass is 9.97. The summed E-state index contributed by atoms with van der Waals surface area (Å²) in [6.45, 7) is 1.01. The quantitative estimate of drug-likeness (QED) is 0.720. The Morgan fingerprint density at radius 1 is 1.46 bits per heavy atom. The third kappa shape index (κ3) is 4.30. The van der Waals surface area contributed by atoms with Gasteiger partial charge in [-0.05, 0) is 43.4 Å². The maximum absolute atomic E-state index is 12.8. The summed E-state index contributed by atoms with van der Waals surface area (Å²) in [5.41, 5.74) is 7.22. The van der Waals surface area contributed by atoms with E-state index in [2.05, 4.69) is 15.3 Å². The molecule has 7 nitrogen and oxygen atoms in total. The van der Waals surface area contributed by atoms with Crippen LogP contribution in [0.1, 0.15) is 31.1 Å². The van der Waals surface area contributed by atoms with Gasteiger partial charge in [0, 0.05) is 13.1 Å². The fraction of sp³-hybridized carbons (Fsp3) is 0.500. The van der Waals surface area contributed by atoms with Crippen LogP contribution in [-0.2, 0) is 4.79 Å². The first-order valence-corrected chi connectivity index (χ1v) is 10.3. The molecule has 2 aromatic rings. The van der Waals surface area contributed by atoms with Crippen molar-refractivity contribution in [3.8, 4) is 0 Å². The Bertz CT molecular complexity index is 745. The van der Waals surface area contributed by atoms with Crippen LogP contribution in [0.15, 0.2) is 24.3 Å². The molecule has 1 aromatic carbocycles. The molecule has 0 spiro atoms. The fourth-order valence-electron chi connectivity index (χ4n) is 3.33. The molecule has 26 heavy (non-hydrogen) atoms. The van der Waals surface area contributed by atoms with Crippen LogP contribution in [0.4, 0.5) is 4.79 Å². The van der Waals surface area contributed by atoms with Gasteiger partial charge in [-0.2, -0.15) is 11.8 Å². The number of hydrogen-bond donors (Lipinski definition) is 3. The van der Waals surface area contributed by atoms with E-state index in [1.165, 1.54) is 0 Å². The van der Waals surface area contributed by atoms with Crippen molar-refractivity contribution in [3.05, 3.63) is 30.1 Å². The number of piperidine rings is 1. The standard InChI is InChI=1S/C18H25N5O2S/c1-26-10-8-15(16-20-13-6-2-3-7-14(13)21-16)22-17(24)12-5-4-9-23(11-12)18(19)25/h2-3,6-7,12,15H,4-5,8-11H2,1H3,(H2,19,25)(H,20,21)(H,22,24)/t12-,15-/m0/s1. The minimum atomic E-state index is -0.460. The number of urea groups is 1. The number of rotatable bonds is 6. The van der Waals surface area contributed by atoms with Crippen LogP contribution in [0.5, 0.6) is 0 Å². The molecular formula is C18H25N5O2S. The van der Waals surface area contributed by atoms with Crippen molar-refractivity contribution in [3.63, 3.8) is 0 Å². The molecular weight excluding hydrogens is 350 g/mol. The third-order valence-corrected chi connectivity index (χ3v) is 5.41. The molecule has 8 heteroatoms. The summed E-state index contributed by atoms with van der Waals surface area (Å²) in [6, 6.07) is 7.20. The average Bonchev–Trinajstić information content (AvgIpc) is 3.09. The summed E-state index contributed by atoms with van der Waals surface area (Å²) in [6.07, 6.45) is 4.40. The molecule has 0 saturated carbocycles. The predicted octanol–water partition coefficient (Wildman–Crippen LogP) is 2.26. The number of nitrogens with one attached hydrogen (secondary N) is 2. The highest BCUT2D eigenvalue weighted by Crippen LogP contribution is 2.22. The van der Waals surface area contributed by atoms with Gasteiger partial charge >= 0.3 is 6.03 Å². The van der Waals surface area contributed by atoms with Gasteiger partial charge in [-0.3, -0.25) is 4.79 Å². The van der Waals surface area contributed by atoms with Crippen LogP contribution in [0.2, 0.25) is 0 Å². The molecule has 1 saturated heterocycles. The number of hydrogen-bond acceptors (Lipinski definition) is 4. The van der Waals surface area contributed by atoms with Gasteiger partial charge in [0.05, 0.1) is 23.0 Å². The van der Waals surface area contributed by atoms with Gasteiger partial charge in [0.15, 0.2) is 0 Å². The zero-order chi connectivity index (χ0) is 18.5. The number of carbonyl (C=O) groups is 2. The summed E-state index contributed by atoms with van der Waals surface area (Å²) >= 11 is 1.74. The van der Waals surface area contributed by atoms with Crippen LogP contribution in [0.25, 0.3) is 11.0 Å². The van der Waals surface area contributed by atoms with Gasteiger partial charge in [-0.15, -0.1) is 0 Å². The third-order valence-electron chi connectivity index (χ3n) is 4.77. The Hall–Kier alpha value is -2.22. The highest BCUT2D eigenvalue weighted by atomic mass is 32.2. The number of nitrogens with two attached hydrogens (primary N) is 1. The lowest BCUT2D eigenvalue weighted by Crippen LogP contribution is -2.47. The lowest BCUT2D eigenvalue weighted by molar-refractivity contribution is -0.127. The number of benzene rings is 1. The van der Waals surface area contributed by atoms with E-state index in [4.69, 9.17) is 5.73 Å². The van der Waals surface area contributed by atoms with Crippen LogP contribution >= 0.6 is 11.8 Å². The first-order valence-electron chi connectivity index (χ1n) is 8.87. The minimum absolute atomic E-state index is 0.0393. The summed E-state index contributed by atoms with van der Waals surface area (Å²) in [4.78, 5) is 33.7. The number of para-hydroxylation sites is 2. The number of likely N-dealkylation sites (tertiary alicyclic amines) is 1. The molecule has 0 aliphatic carbocycles. The van der Waals surface area contributed by atoms with Gasteiger partial charge in [0.1, 0.15) is 5.82 Å². The Morgan fingerprint density at radius 3 is 3.00 bits per heavy atom. The van der Waals surface area contributed by atoms with Crippen molar-refractivity contribution < 1.29 is 9.59 Å². The number of imidazole rings is 1. The van der Waals surface area contributed by atoms with Crippen molar-refractivity contribution in [1.82, 2.24) is 20.2 Å². The topological polar surface area (TPSA) is 104 Å². The van der Waals surface area contributed by atoms with Crippen molar-refractivity contribution in [2.75, 3.05) is 25.1 Å². The van der Waals surface area contributed by atoms with Crippen molar-refractivity contribution in [2.45, 2.75) is 25.3 Å². The number of primary amides is 1. The van der Waals surface area contributed by atoms with Gasteiger partial charge < -0.3 is 20.9 Å². The Balaban J connectivity index is 1.73. The van der Waals surface area contributed by atoms with Crippen molar-refractivity contribution in [1.29, 1.82) is 0 Å². The summed E-state index contributed by atoms with van der Waals surface area (Å²) in [5, 5.41) is 3.13. The van der Waals surface area contributed by atoms with E-state index in [1.54, 1.807) is 16.7 Å². The number of carbonyl (C=O) groups excluding carboxylic acids is 2. The molecule has 1 fully saturated rings. The number of fused-ring (bicyclic) bond motifs is 1. The van der Waals surface area contributed by atoms with E-state index in [0.717, 1.165) is 41.9 Å². The predicted molar refractivity (Wildman–Crippen MR) is 104 cm³/mol. The number of nitrogens with zero attached hydrogens (tertiary/aromatic N) is 2. The number of H-pyrrole nitrogens is 1. The first-order chi connectivity index (χ1) is 12.6. The van der Waals surface area contributed by atoms with E-state index in [9.17, 15) is 9.59 Å². The molecule has 0 unspecified atom stereocenters. The second-order valence-corrected chi connectivity index (χ2v) is 7.59. The minimum Gasteiger partial charge on any atom is -0.351 e. The zero-order valence-electron chi connectivity index (χ0n) is 14.9. The fourth-order valence-corrected chi connectivity index (χ4v) is 3.80. The normalized spacial score (nSPS) is 18.7. The summed E-state index contributed by atoms with van der Waals surface area (Å²) < 4.78 is 0. The first kappa shape index (κ1) is 18.6. The largest absolute Gasteiger partial charge is 0.351 e. The zero-order valence-corrected chi connectivity index (χ0v) is 15.7. The maximum atomic E-state index is 12.8.